The van der Waals surface area contributed by atoms with E-state index in [2.05, 4.69) is 22.5 Å². The molecule has 25 heavy (non-hydrogen) atoms. The summed E-state index contributed by atoms with van der Waals surface area (Å²) in [5.41, 5.74) is 0.440. The zero-order chi connectivity index (χ0) is 18.5. The molecule has 0 radical (unpaired) electrons. The van der Waals surface area contributed by atoms with Gasteiger partial charge in [-0.05, 0) is 32.8 Å². The van der Waals surface area contributed by atoms with E-state index in [9.17, 15) is 4.79 Å². The molecule has 142 valence electrons. The number of ether oxygens (including phenoxy) is 2. The van der Waals surface area contributed by atoms with Gasteiger partial charge >= 0.3 is 5.97 Å². The summed E-state index contributed by atoms with van der Waals surface area (Å²) < 4.78 is 15.8. The number of aryl methyl sites for hydroxylation is 1. The number of carbonyl (C=O) groups excluding carboxylic acids is 1. The van der Waals surface area contributed by atoms with Gasteiger partial charge in [0.15, 0.2) is 5.96 Å². The average Bonchev–Trinajstić information content (AvgIpc) is 2.98. The predicted molar refractivity (Wildman–Crippen MR) is 97.9 cm³/mol. The van der Waals surface area contributed by atoms with Crippen molar-refractivity contribution in [3.8, 4) is 0 Å². The molecule has 1 aromatic rings. The van der Waals surface area contributed by atoms with Crippen molar-refractivity contribution in [3.05, 3.63) is 23.2 Å². The van der Waals surface area contributed by atoms with Crippen LogP contribution in [0.5, 0.6) is 0 Å². The van der Waals surface area contributed by atoms with Crippen molar-refractivity contribution in [2.24, 2.45) is 4.99 Å². The molecular weight excluding hydrogens is 322 g/mol. The van der Waals surface area contributed by atoms with Gasteiger partial charge in [0.2, 0.25) is 0 Å². The number of esters is 1. The van der Waals surface area contributed by atoms with Crippen LogP contribution in [-0.2, 0) is 16.0 Å². The Hall–Kier alpha value is -2.02. The van der Waals surface area contributed by atoms with E-state index in [1.807, 2.05) is 6.92 Å². The molecule has 0 atom stereocenters. The second-order valence-electron chi connectivity index (χ2n) is 5.62. The lowest BCUT2D eigenvalue weighted by molar-refractivity contribution is 0.0599. The maximum absolute atomic E-state index is 11.6. The Balaban J connectivity index is 2.46. The first-order chi connectivity index (χ1) is 12.1. The van der Waals surface area contributed by atoms with Crippen LogP contribution < -0.4 is 10.6 Å². The molecule has 1 heterocycles. The molecule has 0 amide bonds. The molecule has 1 aromatic heterocycles. The van der Waals surface area contributed by atoms with Gasteiger partial charge in [0.05, 0.1) is 7.11 Å². The third-order valence-corrected chi connectivity index (χ3v) is 3.51. The molecule has 0 spiro atoms. The number of unbranched alkanes of at least 4 members (excludes halogenated alkanes) is 1. The zero-order valence-corrected chi connectivity index (χ0v) is 15.8. The highest BCUT2D eigenvalue weighted by Gasteiger charge is 2.15. The molecule has 0 unspecified atom stereocenters. The summed E-state index contributed by atoms with van der Waals surface area (Å²) >= 11 is 0. The van der Waals surface area contributed by atoms with E-state index in [0.29, 0.717) is 29.6 Å². The lowest BCUT2D eigenvalue weighted by Crippen LogP contribution is -2.38. The molecule has 0 aliphatic rings. The standard InChI is InChI=1S/C18H31N3O4/c1-5-7-10-24-11-8-9-20-18(19-6-2)21-13-15-12-16(14(3)25-15)17(22)23-4/h12H,5-11,13H2,1-4H3,(H2,19,20,21). The van der Waals surface area contributed by atoms with Crippen LogP contribution in [0.3, 0.4) is 0 Å². The van der Waals surface area contributed by atoms with Crippen molar-refractivity contribution in [1.29, 1.82) is 0 Å². The number of rotatable bonds is 11. The molecule has 7 heteroatoms. The quantitative estimate of drug-likeness (QED) is 0.275. The lowest BCUT2D eigenvalue weighted by Gasteiger charge is -2.11. The number of nitrogens with one attached hydrogen (secondary N) is 2. The summed E-state index contributed by atoms with van der Waals surface area (Å²) in [4.78, 5) is 16.1. The fraction of sp³-hybridized carbons (Fsp3) is 0.667. The molecule has 7 nitrogen and oxygen atoms in total. The summed E-state index contributed by atoms with van der Waals surface area (Å²) in [5.74, 6) is 1.48. The van der Waals surface area contributed by atoms with Crippen molar-refractivity contribution < 1.29 is 18.7 Å². The fourth-order valence-electron chi connectivity index (χ4n) is 2.16. The fourth-order valence-corrected chi connectivity index (χ4v) is 2.16. The monoisotopic (exact) mass is 353 g/mol. The van der Waals surface area contributed by atoms with Gasteiger partial charge in [-0.1, -0.05) is 13.3 Å². The van der Waals surface area contributed by atoms with E-state index in [-0.39, 0.29) is 0 Å². The second kappa shape index (κ2) is 12.4. The van der Waals surface area contributed by atoms with E-state index in [1.165, 1.54) is 7.11 Å². The second-order valence-corrected chi connectivity index (χ2v) is 5.62. The number of methoxy groups -OCH3 is 1. The van der Waals surface area contributed by atoms with Crippen LogP contribution in [-0.4, -0.2) is 45.3 Å². The molecule has 1 rings (SSSR count). The van der Waals surface area contributed by atoms with Crippen molar-refractivity contribution in [2.45, 2.75) is 46.6 Å². The van der Waals surface area contributed by atoms with Crippen molar-refractivity contribution in [2.75, 3.05) is 33.4 Å². The van der Waals surface area contributed by atoms with Crippen LogP contribution in [0.15, 0.2) is 15.5 Å². The summed E-state index contributed by atoms with van der Waals surface area (Å²) in [6.45, 7) is 9.36. The van der Waals surface area contributed by atoms with Crippen LogP contribution in [0.2, 0.25) is 0 Å². The number of carbonyl (C=O) groups is 1. The van der Waals surface area contributed by atoms with E-state index < -0.39 is 5.97 Å². The van der Waals surface area contributed by atoms with Gasteiger partial charge < -0.3 is 24.5 Å². The maximum atomic E-state index is 11.6. The van der Waals surface area contributed by atoms with Crippen LogP contribution in [0, 0.1) is 6.92 Å². The molecule has 0 aliphatic carbocycles. The predicted octanol–water partition coefficient (Wildman–Crippen LogP) is 2.64. The Morgan fingerprint density at radius 3 is 2.68 bits per heavy atom. The highest BCUT2D eigenvalue weighted by molar-refractivity contribution is 5.90. The van der Waals surface area contributed by atoms with Gasteiger partial charge in [-0.25, -0.2) is 9.79 Å². The average molecular weight is 353 g/mol. The minimum absolute atomic E-state index is 0.347. The molecule has 0 bridgehead atoms. The SMILES string of the molecule is CCCCOCCCNC(=NCc1cc(C(=O)OC)c(C)o1)NCC. The van der Waals surface area contributed by atoms with Gasteiger partial charge in [0.1, 0.15) is 23.6 Å². The molecule has 0 aliphatic heterocycles. The number of guanidine groups is 1. The maximum Gasteiger partial charge on any atom is 0.341 e. The number of nitrogens with zero attached hydrogens (tertiary/aromatic N) is 1. The van der Waals surface area contributed by atoms with E-state index in [4.69, 9.17) is 13.9 Å². The van der Waals surface area contributed by atoms with Gasteiger partial charge in [-0.3, -0.25) is 0 Å². The summed E-state index contributed by atoms with van der Waals surface area (Å²) in [5, 5.41) is 6.45. The largest absolute Gasteiger partial charge is 0.465 e. The first-order valence-corrected chi connectivity index (χ1v) is 8.89. The highest BCUT2D eigenvalue weighted by Crippen LogP contribution is 2.16. The van der Waals surface area contributed by atoms with E-state index in [0.717, 1.165) is 45.6 Å². The molecule has 0 fully saturated rings. The van der Waals surface area contributed by atoms with Crippen molar-refractivity contribution in [1.82, 2.24) is 10.6 Å². The van der Waals surface area contributed by atoms with E-state index in [1.54, 1.807) is 13.0 Å². The molecular formula is C18H31N3O4. The van der Waals surface area contributed by atoms with Crippen LogP contribution in [0.1, 0.15) is 55.0 Å². The molecule has 2 N–H and O–H groups in total. The molecule has 0 aromatic carbocycles. The first-order valence-electron chi connectivity index (χ1n) is 8.89. The molecule has 0 saturated carbocycles. The summed E-state index contributed by atoms with van der Waals surface area (Å²) in [6.07, 6.45) is 3.17. The topological polar surface area (TPSA) is 85.1 Å². The Morgan fingerprint density at radius 2 is 2.00 bits per heavy atom. The summed E-state index contributed by atoms with van der Waals surface area (Å²) in [7, 11) is 1.35. The highest BCUT2D eigenvalue weighted by atomic mass is 16.5. The summed E-state index contributed by atoms with van der Waals surface area (Å²) in [6, 6.07) is 1.68. The van der Waals surface area contributed by atoms with Gasteiger partial charge in [-0.15, -0.1) is 0 Å². The third kappa shape index (κ3) is 8.07. The van der Waals surface area contributed by atoms with Gasteiger partial charge in [-0.2, -0.15) is 0 Å². The number of hydrogen-bond acceptors (Lipinski definition) is 5. The number of aliphatic imine (C=N–C) groups is 1. The van der Waals surface area contributed by atoms with Crippen LogP contribution in [0.4, 0.5) is 0 Å². The van der Waals surface area contributed by atoms with Crippen LogP contribution in [0.25, 0.3) is 0 Å². The normalized spacial score (nSPS) is 11.4. The number of furan rings is 1. The number of hydrogen-bond donors (Lipinski definition) is 2. The zero-order valence-electron chi connectivity index (χ0n) is 15.8. The van der Waals surface area contributed by atoms with E-state index >= 15 is 0 Å². The third-order valence-electron chi connectivity index (χ3n) is 3.51. The minimum atomic E-state index is -0.399. The minimum Gasteiger partial charge on any atom is -0.465 e. The Labute approximate surface area is 150 Å². The van der Waals surface area contributed by atoms with Gasteiger partial charge in [0.25, 0.3) is 0 Å². The first kappa shape index (κ1) is 21.0. The van der Waals surface area contributed by atoms with Crippen molar-refractivity contribution in [3.63, 3.8) is 0 Å². The Morgan fingerprint density at radius 1 is 1.24 bits per heavy atom. The Bertz CT molecular complexity index is 540. The van der Waals surface area contributed by atoms with Crippen LogP contribution >= 0.6 is 0 Å². The van der Waals surface area contributed by atoms with Crippen molar-refractivity contribution >= 4 is 11.9 Å². The molecule has 0 saturated heterocycles. The Kier molecular flexibility index (Phi) is 10.4. The smallest absolute Gasteiger partial charge is 0.341 e. The van der Waals surface area contributed by atoms with Gasteiger partial charge in [0, 0.05) is 26.3 Å². The lowest BCUT2D eigenvalue weighted by atomic mass is 10.2.